The molecule has 0 atom stereocenters. The Bertz CT molecular complexity index is 427. The highest BCUT2D eigenvalue weighted by Gasteiger charge is 2.01. The second kappa shape index (κ2) is 2.80. The maximum Gasteiger partial charge on any atom is 0.0477 e. The number of rotatable bonds is 1. The van der Waals surface area contributed by atoms with Crippen molar-refractivity contribution in [2.75, 3.05) is 19.0 Å². The molecule has 1 aromatic heterocycles. The molecular weight excluding hydrogens is 160 g/mol. The average Bonchev–Trinajstić information content (AvgIpc) is 2.47. The van der Waals surface area contributed by atoms with E-state index in [9.17, 15) is 0 Å². The van der Waals surface area contributed by atoms with Crippen LogP contribution in [0.5, 0.6) is 0 Å². The van der Waals surface area contributed by atoms with Gasteiger partial charge in [-0.05, 0) is 24.6 Å². The lowest BCUT2D eigenvalue weighted by molar-refractivity contribution is 1.13. The molecule has 13 heavy (non-hydrogen) atoms. The summed E-state index contributed by atoms with van der Waals surface area (Å²) in [5.41, 5.74) is 3.75. The van der Waals surface area contributed by atoms with Crippen LogP contribution in [-0.2, 0) is 0 Å². The van der Waals surface area contributed by atoms with Gasteiger partial charge in [0.1, 0.15) is 0 Å². The van der Waals surface area contributed by atoms with E-state index in [0.717, 1.165) is 0 Å². The Morgan fingerprint density at radius 1 is 1.23 bits per heavy atom. The SMILES string of the molecule is Cc1c[nH]c2cc(N(C)C)ccc12. The maximum absolute atomic E-state index is 3.26. The predicted molar refractivity (Wildman–Crippen MR) is 57.4 cm³/mol. The minimum absolute atomic E-state index is 1.21. The van der Waals surface area contributed by atoms with Crippen molar-refractivity contribution >= 4 is 16.6 Å². The minimum atomic E-state index is 1.21. The van der Waals surface area contributed by atoms with Crippen LogP contribution in [-0.4, -0.2) is 19.1 Å². The molecule has 0 radical (unpaired) electrons. The van der Waals surface area contributed by atoms with E-state index in [4.69, 9.17) is 0 Å². The van der Waals surface area contributed by atoms with Gasteiger partial charge in [0, 0.05) is 36.9 Å². The third-order valence-corrected chi connectivity index (χ3v) is 2.39. The Hall–Kier alpha value is -1.44. The summed E-state index contributed by atoms with van der Waals surface area (Å²) in [6, 6.07) is 6.47. The van der Waals surface area contributed by atoms with Crippen molar-refractivity contribution in [1.82, 2.24) is 4.98 Å². The third-order valence-electron chi connectivity index (χ3n) is 2.39. The number of aryl methyl sites for hydroxylation is 1. The van der Waals surface area contributed by atoms with Gasteiger partial charge in [-0.15, -0.1) is 0 Å². The number of aromatic amines is 1. The van der Waals surface area contributed by atoms with Gasteiger partial charge in [-0.1, -0.05) is 6.07 Å². The highest BCUT2D eigenvalue weighted by Crippen LogP contribution is 2.22. The molecule has 0 bridgehead atoms. The Balaban J connectivity index is 2.63. The number of aromatic nitrogens is 1. The van der Waals surface area contributed by atoms with Crippen molar-refractivity contribution in [1.29, 1.82) is 0 Å². The third kappa shape index (κ3) is 1.28. The monoisotopic (exact) mass is 174 g/mol. The van der Waals surface area contributed by atoms with E-state index in [0.29, 0.717) is 0 Å². The molecule has 0 aliphatic rings. The number of benzene rings is 1. The van der Waals surface area contributed by atoms with Crippen molar-refractivity contribution in [3.05, 3.63) is 30.0 Å². The van der Waals surface area contributed by atoms with Crippen LogP contribution in [0.4, 0.5) is 5.69 Å². The Labute approximate surface area is 78.2 Å². The quantitative estimate of drug-likeness (QED) is 0.704. The molecule has 0 aliphatic heterocycles. The Morgan fingerprint density at radius 3 is 2.69 bits per heavy atom. The number of nitrogens with one attached hydrogen (secondary N) is 1. The highest BCUT2D eigenvalue weighted by molar-refractivity contribution is 5.86. The average molecular weight is 174 g/mol. The Morgan fingerprint density at radius 2 is 2.00 bits per heavy atom. The summed E-state index contributed by atoms with van der Waals surface area (Å²) in [6.07, 6.45) is 2.05. The number of H-pyrrole nitrogens is 1. The van der Waals surface area contributed by atoms with E-state index in [2.05, 4.69) is 49.1 Å². The molecule has 0 unspecified atom stereocenters. The van der Waals surface area contributed by atoms with Crippen LogP contribution in [0.2, 0.25) is 0 Å². The largest absolute Gasteiger partial charge is 0.378 e. The summed E-state index contributed by atoms with van der Waals surface area (Å²) in [4.78, 5) is 5.36. The van der Waals surface area contributed by atoms with E-state index >= 15 is 0 Å². The summed E-state index contributed by atoms with van der Waals surface area (Å²) >= 11 is 0. The molecule has 0 saturated carbocycles. The second-order valence-corrected chi connectivity index (χ2v) is 3.60. The molecule has 2 nitrogen and oxygen atoms in total. The first kappa shape index (κ1) is 8.17. The van der Waals surface area contributed by atoms with Gasteiger partial charge >= 0.3 is 0 Å². The van der Waals surface area contributed by atoms with Crippen molar-refractivity contribution < 1.29 is 0 Å². The van der Waals surface area contributed by atoms with Crippen LogP contribution >= 0.6 is 0 Å². The van der Waals surface area contributed by atoms with Gasteiger partial charge in [-0.2, -0.15) is 0 Å². The molecule has 2 heteroatoms. The number of hydrogen-bond acceptors (Lipinski definition) is 1. The van der Waals surface area contributed by atoms with Crippen LogP contribution in [0.25, 0.3) is 10.9 Å². The first-order chi connectivity index (χ1) is 6.18. The van der Waals surface area contributed by atoms with Crippen molar-refractivity contribution in [3.63, 3.8) is 0 Å². The fraction of sp³-hybridized carbons (Fsp3) is 0.273. The van der Waals surface area contributed by atoms with Crippen LogP contribution in [0, 0.1) is 6.92 Å². The fourth-order valence-corrected chi connectivity index (χ4v) is 1.54. The molecule has 2 rings (SSSR count). The molecule has 1 heterocycles. The lowest BCUT2D eigenvalue weighted by Crippen LogP contribution is -2.07. The number of fused-ring (bicyclic) bond motifs is 1. The van der Waals surface area contributed by atoms with E-state index < -0.39 is 0 Å². The van der Waals surface area contributed by atoms with Gasteiger partial charge in [0.15, 0.2) is 0 Å². The molecular formula is C11H14N2. The van der Waals surface area contributed by atoms with Crippen LogP contribution < -0.4 is 4.90 Å². The number of hydrogen-bond donors (Lipinski definition) is 1. The topological polar surface area (TPSA) is 19.0 Å². The lowest BCUT2D eigenvalue weighted by atomic mass is 10.2. The molecule has 0 saturated heterocycles. The lowest BCUT2D eigenvalue weighted by Gasteiger charge is -2.11. The van der Waals surface area contributed by atoms with Gasteiger partial charge in [0.25, 0.3) is 0 Å². The standard InChI is InChI=1S/C11H14N2/c1-8-7-12-11-6-9(13(2)3)4-5-10(8)11/h4-7,12H,1-3H3. The minimum Gasteiger partial charge on any atom is -0.378 e. The maximum atomic E-state index is 3.26. The zero-order valence-electron chi connectivity index (χ0n) is 8.26. The highest BCUT2D eigenvalue weighted by atomic mass is 15.1. The van der Waals surface area contributed by atoms with Gasteiger partial charge in [0.2, 0.25) is 0 Å². The molecule has 1 N–H and O–H groups in total. The molecule has 0 aliphatic carbocycles. The molecule has 0 amide bonds. The van der Waals surface area contributed by atoms with Crippen LogP contribution in [0.1, 0.15) is 5.56 Å². The van der Waals surface area contributed by atoms with Gasteiger partial charge < -0.3 is 9.88 Å². The molecule has 2 aromatic rings. The van der Waals surface area contributed by atoms with Gasteiger partial charge in [-0.25, -0.2) is 0 Å². The predicted octanol–water partition coefficient (Wildman–Crippen LogP) is 2.54. The summed E-state index contributed by atoms with van der Waals surface area (Å²) < 4.78 is 0. The zero-order chi connectivity index (χ0) is 9.42. The van der Waals surface area contributed by atoms with Gasteiger partial charge in [0.05, 0.1) is 0 Å². The van der Waals surface area contributed by atoms with Crippen molar-refractivity contribution in [2.45, 2.75) is 6.92 Å². The number of nitrogens with zero attached hydrogens (tertiary/aromatic N) is 1. The summed E-state index contributed by atoms with van der Waals surface area (Å²) in [5, 5.41) is 1.31. The molecule has 0 spiro atoms. The van der Waals surface area contributed by atoms with E-state index in [-0.39, 0.29) is 0 Å². The van der Waals surface area contributed by atoms with Crippen molar-refractivity contribution in [2.24, 2.45) is 0 Å². The second-order valence-electron chi connectivity index (χ2n) is 3.60. The molecule has 68 valence electrons. The first-order valence-electron chi connectivity index (χ1n) is 4.43. The zero-order valence-corrected chi connectivity index (χ0v) is 8.26. The smallest absolute Gasteiger partial charge is 0.0477 e. The van der Waals surface area contributed by atoms with Crippen LogP contribution in [0.3, 0.4) is 0 Å². The normalized spacial score (nSPS) is 10.7. The van der Waals surface area contributed by atoms with Crippen molar-refractivity contribution in [3.8, 4) is 0 Å². The fourth-order valence-electron chi connectivity index (χ4n) is 1.54. The van der Waals surface area contributed by atoms with E-state index in [1.54, 1.807) is 0 Å². The van der Waals surface area contributed by atoms with E-state index in [1.165, 1.54) is 22.2 Å². The summed E-state index contributed by atoms with van der Waals surface area (Å²) in [7, 11) is 4.11. The van der Waals surface area contributed by atoms with Crippen LogP contribution in [0.15, 0.2) is 24.4 Å². The summed E-state index contributed by atoms with van der Waals surface area (Å²) in [6.45, 7) is 2.12. The molecule has 1 aromatic carbocycles. The van der Waals surface area contributed by atoms with Gasteiger partial charge in [-0.3, -0.25) is 0 Å². The molecule has 0 fully saturated rings. The Kier molecular flexibility index (Phi) is 1.76. The summed E-state index contributed by atoms with van der Waals surface area (Å²) in [5.74, 6) is 0. The number of anilines is 1. The first-order valence-corrected chi connectivity index (χ1v) is 4.43. The van der Waals surface area contributed by atoms with E-state index in [1.807, 2.05) is 6.20 Å².